The topological polar surface area (TPSA) is 63.3 Å². The van der Waals surface area contributed by atoms with Crippen molar-refractivity contribution in [1.82, 2.24) is 0 Å². The van der Waals surface area contributed by atoms with Crippen LogP contribution in [0.1, 0.15) is 32.6 Å². The number of hydrogen-bond donors (Lipinski definition) is 2. The molecule has 0 aromatic rings. The van der Waals surface area contributed by atoms with Gasteiger partial charge in [-0.15, -0.1) is 0 Å². The van der Waals surface area contributed by atoms with Crippen molar-refractivity contribution < 1.29 is 9.90 Å². The van der Waals surface area contributed by atoms with E-state index in [1.54, 1.807) is 6.92 Å². The summed E-state index contributed by atoms with van der Waals surface area (Å²) in [5.74, 6) is -0.676. The summed E-state index contributed by atoms with van der Waals surface area (Å²) >= 11 is 0. The van der Waals surface area contributed by atoms with Crippen molar-refractivity contribution >= 4 is 5.97 Å². The van der Waals surface area contributed by atoms with Gasteiger partial charge in [-0.25, -0.2) is 0 Å². The van der Waals surface area contributed by atoms with Gasteiger partial charge in [0.25, 0.3) is 0 Å². The Bertz CT molecular complexity index is 159. The van der Waals surface area contributed by atoms with Crippen LogP contribution in [0.5, 0.6) is 0 Å². The molecule has 0 heterocycles. The first-order valence-corrected chi connectivity index (χ1v) is 4.03. The van der Waals surface area contributed by atoms with Crippen LogP contribution in [-0.4, -0.2) is 17.1 Å². The standard InChI is InChI=1S/C8H15NO2/c1-8(7(10)11)4-2-6(9)3-5-8/h6H,2-5,9H2,1H3,(H,10,11)/t6-,8-. The predicted octanol–water partition coefficient (Wildman–Crippen LogP) is 0.979. The van der Waals surface area contributed by atoms with E-state index in [-0.39, 0.29) is 6.04 Å². The normalized spacial score (nSPS) is 38.5. The molecule has 0 unspecified atom stereocenters. The highest BCUT2D eigenvalue weighted by Gasteiger charge is 2.36. The highest BCUT2D eigenvalue weighted by Crippen LogP contribution is 2.35. The lowest BCUT2D eigenvalue weighted by molar-refractivity contribution is -0.149. The molecule has 64 valence electrons. The van der Waals surface area contributed by atoms with Crippen LogP contribution in [0.15, 0.2) is 0 Å². The molecule has 3 nitrogen and oxygen atoms in total. The van der Waals surface area contributed by atoms with Crippen LogP contribution in [0.2, 0.25) is 0 Å². The van der Waals surface area contributed by atoms with Gasteiger partial charge in [-0.2, -0.15) is 0 Å². The summed E-state index contributed by atoms with van der Waals surface area (Å²) in [4.78, 5) is 10.7. The minimum Gasteiger partial charge on any atom is -0.481 e. The highest BCUT2D eigenvalue weighted by molar-refractivity contribution is 5.74. The van der Waals surface area contributed by atoms with Crippen molar-refractivity contribution in [2.75, 3.05) is 0 Å². The van der Waals surface area contributed by atoms with Crippen molar-refractivity contribution in [3.05, 3.63) is 0 Å². The van der Waals surface area contributed by atoms with E-state index in [0.29, 0.717) is 0 Å². The van der Waals surface area contributed by atoms with E-state index >= 15 is 0 Å². The summed E-state index contributed by atoms with van der Waals surface area (Å²) in [6.07, 6.45) is 3.15. The van der Waals surface area contributed by atoms with E-state index in [4.69, 9.17) is 10.8 Å². The number of hydrogen-bond acceptors (Lipinski definition) is 2. The van der Waals surface area contributed by atoms with E-state index in [0.717, 1.165) is 25.7 Å². The summed E-state index contributed by atoms with van der Waals surface area (Å²) in [7, 11) is 0. The van der Waals surface area contributed by atoms with Gasteiger partial charge < -0.3 is 10.8 Å². The zero-order chi connectivity index (χ0) is 8.48. The fourth-order valence-electron chi connectivity index (χ4n) is 1.49. The van der Waals surface area contributed by atoms with Crippen molar-refractivity contribution in [3.8, 4) is 0 Å². The lowest BCUT2D eigenvalue weighted by Gasteiger charge is -2.31. The predicted molar refractivity (Wildman–Crippen MR) is 42.2 cm³/mol. The minimum absolute atomic E-state index is 0.224. The van der Waals surface area contributed by atoms with Gasteiger partial charge in [-0.1, -0.05) is 0 Å². The van der Waals surface area contributed by atoms with Crippen molar-refractivity contribution in [1.29, 1.82) is 0 Å². The largest absolute Gasteiger partial charge is 0.481 e. The molecule has 3 N–H and O–H groups in total. The van der Waals surface area contributed by atoms with E-state index in [2.05, 4.69) is 0 Å². The van der Waals surface area contributed by atoms with Crippen LogP contribution < -0.4 is 5.73 Å². The fraction of sp³-hybridized carbons (Fsp3) is 0.875. The lowest BCUT2D eigenvalue weighted by Crippen LogP contribution is -2.37. The van der Waals surface area contributed by atoms with Gasteiger partial charge in [0.1, 0.15) is 0 Å². The zero-order valence-electron chi connectivity index (χ0n) is 6.84. The third-order valence-electron chi connectivity index (χ3n) is 2.65. The second kappa shape index (κ2) is 2.81. The molecule has 1 fully saturated rings. The Morgan fingerprint density at radius 2 is 2.00 bits per heavy atom. The third-order valence-corrected chi connectivity index (χ3v) is 2.65. The lowest BCUT2D eigenvalue weighted by atomic mass is 9.74. The molecule has 0 atom stereocenters. The average molecular weight is 157 g/mol. The molecule has 0 aromatic heterocycles. The zero-order valence-corrected chi connectivity index (χ0v) is 6.84. The van der Waals surface area contributed by atoms with E-state index in [9.17, 15) is 4.79 Å². The number of nitrogens with two attached hydrogens (primary N) is 1. The van der Waals surface area contributed by atoms with Crippen LogP contribution >= 0.6 is 0 Å². The van der Waals surface area contributed by atoms with Gasteiger partial charge >= 0.3 is 5.97 Å². The molecule has 0 aromatic carbocycles. The highest BCUT2D eigenvalue weighted by atomic mass is 16.4. The Balaban J connectivity index is 2.55. The van der Waals surface area contributed by atoms with Crippen molar-refractivity contribution in [2.45, 2.75) is 38.6 Å². The second-order valence-electron chi connectivity index (χ2n) is 3.70. The number of carboxylic acid groups (broad SMARTS) is 1. The van der Waals surface area contributed by atoms with Gasteiger partial charge in [0.05, 0.1) is 5.41 Å². The molecule has 3 heteroatoms. The Morgan fingerprint density at radius 3 is 2.36 bits per heavy atom. The molecule has 0 amide bonds. The molecular formula is C8H15NO2. The molecule has 0 radical (unpaired) electrons. The maximum absolute atomic E-state index is 10.7. The molecule has 1 aliphatic rings. The summed E-state index contributed by atoms with van der Waals surface area (Å²) in [5.41, 5.74) is 5.16. The van der Waals surface area contributed by atoms with Crippen LogP contribution in [-0.2, 0) is 4.79 Å². The summed E-state index contributed by atoms with van der Waals surface area (Å²) in [5, 5.41) is 8.84. The number of aliphatic carboxylic acids is 1. The number of carboxylic acids is 1. The molecule has 0 spiro atoms. The third kappa shape index (κ3) is 1.71. The molecule has 0 bridgehead atoms. The Labute approximate surface area is 66.6 Å². The monoisotopic (exact) mass is 157 g/mol. The van der Waals surface area contributed by atoms with Gasteiger partial charge in [0.2, 0.25) is 0 Å². The van der Waals surface area contributed by atoms with Crippen molar-refractivity contribution in [2.24, 2.45) is 11.1 Å². The van der Waals surface area contributed by atoms with E-state index in [1.807, 2.05) is 0 Å². The second-order valence-corrected chi connectivity index (χ2v) is 3.70. The minimum atomic E-state index is -0.676. The Morgan fingerprint density at radius 1 is 1.55 bits per heavy atom. The van der Waals surface area contributed by atoms with Gasteiger partial charge in [-0.3, -0.25) is 4.79 Å². The smallest absolute Gasteiger partial charge is 0.309 e. The molecule has 0 aliphatic heterocycles. The average Bonchev–Trinajstić information content (AvgIpc) is 1.95. The molecule has 11 heavy (non-hydrogen) atoms. The Hall–Kier alpha value is -0.570. The maximum atomic E-state index is 10.7. The first-order chi connectivity index (χ1) is 5.04. The van der Waals surface area contributed by atoms with E-state index in [1.165, 1.54) is 0 Å². The van der Waals surface area contributed by atoms with Gasteiger partial charge in [0.15, 0.2) is 0 Å². The molecule has 1 saturated carbocycles. The Kier molecular flexibility index (Phi) is 2.18. The van der Waals surface area contributed by atoms with Crippen LogP contribution in [0.3, 0.4) is 0 Å². The summed E-state index contributed by atoms with van der Waals surface area (Å²) in [6, 6.07) is 0.224. The van der Waals surface area contributed by atoms with Gasteiger partial charge in [-0.05, 0) is 32.6 Å². The number of rotatable bonds is 1. The van der Waals surface area contributed by atoms with Crippen LogP contribution in [0.4, 0.5) is 0 Å². The molecule has 1 aliphatic carbocycles. The summed E-state index contributed by atoms with van der Waals surface area (Å²) < 4.78 is 0. The maximum Gasteiger partial charge on any atom is 0.309 e. The molecule has 0 saturated heterocycles. The first-order valence-electron chi connectivity index (χ1n) is 4.03. The van der Waals surface area contributed by atoms with Gasteiger partial charge in [0, 0.05) is 6.04 Å². The van der Waals surface area contributed by atoms with Crippen LogP contribution in [0, 0.1) is 5.41 Å². The van der Waals surface area contributed by atoms with Crippen molar-refractivity contribution in [3.63, 3.8) is 0 Å². The van der Waals surface area contributed by atoms with Crippen LogP contribution in [0.25, 0.3) is 0 Å². The molecular weight excluding hydrogens is 142 g/mol. The quantitative estimate of drug-likeness (QED) is 0.596. The molecule has 1 rings (SSSR count). The fourth-order valence-corrected chi connectivity index (χ4v) is 1.49. The number of carbonyl (C=O) groups is 1. The summed E-state index contributed by atoms with van der Waals surface area (Å²) in [6.45, 7) is 1.81. The first kappa shape index (κ1) is 8.53. The van der Waals surface area contributed by atoms with E-state index < -0.39 is 11.4 Å². The SMILES string of the molecule is C[C@]1(C(=O)O)CC[C@H](N)CC1.